The largest absolute Gasteiger partial charge is 0.460 e. The summed E-state index contributed by atoms with van der Waals surface area (Å²) in [6.45, 7) is 5.27. The number of hydrogen-bond donors (Lipinski definition) is 1. The van der Waals surface area contributed by atoms with Crippen molar-refractivity contribution < 1.29 is 24.1 Å². The van der Waals surface area contributed by atoms with E-state index in [9.17, 15) is 4.79 Å². The molecule has 0 spiro atoms. The van der Waals surface area contributed by atoms with E-state index in [2.05, 4.69) is 0 Å². The third kappa shape index (κ3) is 8.40. The van der Waals surface area contributed by atoms with Gasteiger partial charge < -0.3 is 19.3 Å². The van der Waals surface area contributed by atoms with Crippen molar-refractivity contribution in [2.45, 2.75) is 13.8 Å². The molecule has 0 saturated heterocycles. The second kappa shape index (κ2) is 10.6. The van der Waals surface area contributed by atoms with E-state index >= 15 is 0 Å². The average molecular weight is 232 g/mol. The Balaban J connectivity index is 3.24. The predicted molar refractivity (Wildman–Crippen MR) is 59.1 cm³/mol. The Morgan fingerprint density at radius 1 is 1.12 bits per heavy atom. The molecule has 0 aromatic rings. The maximum absolute atomic E-state index is 11.1. The van der Waals surface area contributed by atoms with Gasteiger partial charge in [0.15, 0.2) is 0 Å². The first-order chi connectivity index (χ1) is 7.72. The molecule has 0 atom stereocenters. The average Bonchev–Trinajstić information content (AvgIpc) is 2.31. The highest BCUT2D eigenvalue weighted by molar-refractivity contribution is 5.87. The number of esters is 1. The first-order valence-electron chi connectivity index (χ1n) is 5.28. The van der Waals surface area contributed by atoms with E-state index in [0.717, 1.165) is 0 Å². The minimum absolute atomic E-state index is 0.0141. The molecule has 0 unspecified atom stereocenters. The molecule has 16 heavy (non-hydrogen) atoms. The zero-order valence-corrected chi connectivity index (χ0v) is 9.90. The Morgan fingerprint density at radius 3 is 2.25 bits per heavy atom. The van der Waals surface area contributed by atoms with Crippen LogP contribution in [0.25, 0.3) is 0 Å². The summed E-state index contributed by atoms with van der Waals surface area (Å²) in [5.41, 5.74) is 0.589. The highest BCUT2D eigenvalue weighted by atomic mass is 16.6. The molecular weight excluding hydrogens is 212 g/mol. The topological polar surface area (TPSA) is 65.0 Å². The maximum atomic E-state index is 11.1. The summed E-state index contributed by atoms with van der Waals surface area (Å²) in [6.07, 6.45) is 1.70. The van der Waals surface area contributed by atoms with Crippen LogP contribution in [0, 0.1) is 0 Å². The minimum atomic E-state index is -0.317. The number of ether oxygens (including phenoxy) is 3. The number of allylic oxidation sites excluding steroid dienone is 1. The van der Waals surface area contributed by atoms with Crippen LogP contribution < -0.4 is 0 Å². The number of carbonyl (C=O) groups is 1. The molecule has 0 rings (SSSR count). The van der Waals surface area contributed by atoms with Crippen LogP contribution in [0.15, 0.2) is 11.6 Å². The standard InChI is InChI=1S/C11H20O5/c1-3-10(2)11(13)16-9-8-15-7-6-14-5-4-12/h3,12H,4-9H2,1-2H3/b10-3+. The van der Waals surface area contributed by atoms with Crippen molar-refractivity contribution in [3.05, 3.63) is 11.6 Å². The van der Waals surface area contributed by atoms with Gasteiger partial charge in [-0.2, -0.15) is 0 Å². The molecule has 0 bridgehead atoms. The molecule has 0 heterocycles. The molecule has 5 heteroatoms. The molecule has 5 nitrogen and oxygen atoms in total. The van der Waals surface area contributed by atoms with Gasteiger partial charge in [0.05, 0.1) is 33.0 Å². The zero-order valence-electron chi connectivity index (χ0n) is 9.90. The molecule has 0 aliphatic rings. The van der Waals surface area contributed by atoms with Gasteiger partial charge in [-0.1, -0.05) is 6.08 Å². The van der Waals surface area contributed by atoms with E-state index in [1.54, 1.807) is 19.9 Å². The third-order valence-corrected chi connectivity index (χ3v) is 1.82. The number of rotatable bonds is 9. The van der Waals surface area contributed by atoms with Crippen molar-refractivity contribution in [3.8, 4) is 0 Å². The number of hydrogen-bond acceptors (Lipinski definition) is 5. The summed E-state index contributed by atoms with van der Waals surface area (Å²) in [5.74, 6) is -0.317. The van der Waals surface area contributed by atoms with Gasteiger partial charge in [0.1, 0.15) is 6.61 Å². The van der Waals surface area contributed by atoms with Crippen molar-refractivity contribution in [1.29, 1.82) is 0 Å². The van der Waals surface area contributed by atoms with Gasteiger partial charge in [0.2, 0.25) is 0 Å². The summed E-state index contributed by atoms with van der Waals surface area (Å²) in [7, 11) is 0. The fourth-order valence-corrected chi connectivity index (χ4v) is 0.812. The molecule has 0 aliphatic heterocycles. The molecule has 0 radical (unpaired) electrons. The van der Waals surface area contributed by atoms with E-state index in [1.807, 2.05) is 0 Å². The van der Waals surface area contributed by atoms with Crippen molar-refractivity contribution in [2.75, 3.05) is 39.6 Å². The summed E-state index contributed by atoms with van der Waals surface area (Å²) in [5, 5.41) is 8.41. The maximum Gasteiger partial charge on any atom is 0.333 e. The summed E-state index contributed by atoms with van der Waals surface area (Å²) in [6, 6.07) is 0. The van der Waals surface area contributed by atoms with Crippen LogP contribution in [0.1, 0.15) is 13.8 Å². The molecule has 0 fully saturated rings. The van der Waals surface area contributed by atoms with Crippen LogP contribution in [0.3, 0.4) is 0 Å². The summed E-state index contributed by atoms with van der Waals surface area (Å²) in [4.78, 5) is 11.1. The Kier molecular flexibility index (Phi) is 10.00. The molecular formula is C11H20O5. The SMILES string of the molecule is C/C=C(\C)C(=O)OCCOCCOCCO. The van der Waals surface area contributed by atoms with E-state index in [4.69, 9.17) is 19.3 Å². The van der Waals surface area contributed by atoms with Gasteiger partial charge in [0.25, 0.3) is 0 Å². The first kappa shape index (κ1) is 15.1. The van der Waals surface area contributed by atoms with E-state index in [0.29, 0.717) is 32.0 Å². The molecule has 0 saturated carbocycles. The number of aliphatic hydroxyl groups excluding tert-OH is 1. The molecule has 0 aromatic heterocycles. The molecule has 1 N–H and O–H groups in total. The van der Waals surface area contributed by atoms with Gasteiger partial charge in [-0.05, 0) is 13.8 Å². The number of carbonyl (C=O) groups excluding carboxylic acids is 1. The van der Waals surface area contributed by atoms with Crippen LogP contribution in [0.5, 0.6) is 0 Å². The van der Waals surface area contributed by atoms with Crippen LogP contribution >= 0.6 is 0 Å². The Labute approximate surface area is 96.0 Å². The quantitative estimate of drug-likeness (QED) is 0.357. The molecule has 0 amide bonds. The number of aliphatic hydroxyl groups is 1. The Morgan fingerprint density at radius 2 is 1.69 bits per heavy atom. The van der Waals surface area contributed by atoms with Crippen molar-refractivity contribution in [1.82, 2.24) is 0 Å². The third-order valence-electron chi connectivity index (χ3n) is 1.82. The van der Waals surface area contributed by atoms with E-state index in [1.165, 1.54) is 0 Å². The van der Waals surface area contributed by atoms with Gasteiger partial charge >= 0.3 is 5.97 Å². The Bertz CT molecular complexity index is 212. The van der Waals surface area contributed by atoms with Crippen LogP contribution in [0.4, 0.5) is 0 Å². The van der Waals surface area contributed by atoms with Crippen LogP contribution in [0.2, 0.25) is 0 Å². The monoisotopic (exact) mass is 232 g/mol. The first-order valence-corrected chi connectivity index (χ1v) is 5.28. The Hall–Kier alpha value is -0.910. The lowest BCUT2D eigenvalue weighted by Gasteiger charge is -2.06. The van der Waals surface area contributed by atoms with Crippen LogP contribution in [-0.4, -0.2) is 50.7 Å². The lowest BCUT2D eigenvalue weighted by atomic mass is 10.3. The summed E-state index contributed by atoms with van der Waals surface area (Å²) < 4.78 is 15.0. The zero-order chi connectivity index (χ0) is 12.2. The van der Waals surface area contributed by atoms with E-state index in [-0.39, 0.29) is 19.2 Å². The lowest BCUT2D eigenvalue weighted by molar-refractivity contribution is -0.140. The van der Waals surface area contributed by atoms with Gasteiger partial charge in [-0.15, -0.1) is 0 Å². The molecule has 94 valence electrons. The van der Waals surface area contributed by atoms with E-state index < -0.39 is 0 Å². The predicted octanol–water partition coefficient (Wildman–Crippen LogP) is 0.521. The van der Waals surface area contributed by atoms with Gasteiger partial charge in [0, 0.05) is 5.57 Å². The second-order valence-electron chi connectivity index (χ2n) is 3.06. The highest BCUT2D eigenvalue weighted by Crippen LogP contribution is 1.95. The molecule has 0 aromatic carbocycles. The second-order valence-corrected chi connectivity index (χ2v) is 3.06. The molecule has 0 aliphatic carbocycles. The highest BCUT2D eigenvalue weighted by Gasteiger charge is 2.03. The smallest absolute Gasteiger partial charge is 0.333 e. The summed E-state index contributed by atoms with van der Waals surface area (Å²) >= 11 is 0. The van der Waals surface area contributed by atoms with Crippen molar-refractivity contribution >= 4 is 5.97 Å². The lowest BCUT2D eigenvalue weighted by Crippen LogP contribution is -2.13. The normalized spacial score (nSPS) is 11.6. The van der Waals surface area contributed by atoms with Crippen LogP contribution in [-0.2, 0) is 19.0 Å². The van der Waals surface area contributed by atoms with Gasteiger partial charge in [-0.3, -0.25) is 0 Å². The van der Waals surface area contributed by atoms with Crippen molar-refractivity contribution in [3.63, 3.8) is 0 Å². The fourth-order valence-electron chi connectivity index (χ4n) is 0.812. The van der Waals surface area contributed by atoms with Crippen molar-refractivity contribution in [2.24, 2.45) is 0 Å². The minimum Gasteiger partial charge on any atom is -0.460 e. The van der Waals surface area contributed by atoms with Gasteiger partial charge in [-0.25, -0.2) is 4.79 Å². The fraction of sp³-hybridized carbons (Fsp3) is 0.727.